The average Bonchev–Trinajstić information content (AvgIpc) is 2.78. The lowest BCUT2D eigenvalue weighted by atomic mass is 10.1. The number of hydrogen-bond acceptors (Lipinski definition) is 7. The lowest BCUT2D eigenvalue weighted by Gasteiger charge is -2.08. The Balaban J connectivity index is 1.75. The quantitative estimate of drug-likeness (QED) is 0.478. The van der Waals surface area contributed by atoms with Crippen molar-refractivity contribution in [1.82, 2.24) is 15.4 Å². The second-order valence-corrected chi connectivity index (χ2v) is 6.32. The number of carbonyl (C=O) groups excluding carboxylic acids is 1. The topological polar surface area (TPSA) is 94.9 Å². The van der Waals surface area contributed by atoms with Crippen molar-refractivity contribution in [2.24, 2.45) is 5.10 Å². The van der Waals surface area contributed by atoms with Gasteiger partial charge >= 0.3 is 0 Å². The van der Waals surface area contributed by atoms with E-state index in [0.29, 0.717) is 22.8 Å². The second kappa shape index (κ2) is 9.51. The zero-order valence-electron chi connectivity index (χ0n) is 17.2. The number of benzene rings is 2. The molecule has 8 heteroatoms. The number of aryl methyl sites for hydroxylation is 1. The number of rotatable bonds is 7. The van der Waals surface area contributed by atoms with Gasteiger partial charge in [-0.3, -0.25) is 9.78 Å². The van der Waals surface area contributed by atoms with Crippen LogP contribution in [-0.2, 0) is 0 Å². The number of methoxy groups -OCH3 is 3. The summed E-state index contributed by atoms with van der Waals surface area (Å²) in [6, 6.07) is 10.9. The van der Waals surface area contributed by atoms with Gasteiger partial charge in [0.25, 0.3) is 5.91 Å². The minimum Gasteiger partial charge on any atom is -0.497 e. The van der Waals surface area contributed by atoms with Crippen molar-refractivity contribution < 1.29 is 19.0 Å². The fourth-order valence-corrected chi connectivity index (χ4v) is 2.78. The molecule has 2 aromatic carbocycles. The maximum atomic E-state index is 12.5. The molecule has 1 amide bonds. The highest BCUT2D eigenvalue weighted by atomic mass is 16.5. The lowest BCUT2D eigenvalue weighted by Crippen LogP contribution is -2.19. The fraction of sp³-hybridized carbons (Fsp3) is 0.182. The van der Waals surface area contributed by atoms with Gasteiger partial charge in [-0.05, 0) is 42.8 Å². The van der Waals surface area contributed by atoms with Crippen molar-refractivity contribution in [1.29, 1.82) is 0 Å². The van der Waals surface area contributed by atoms with Gasteiger partial charge in [-0.1, -0.05) is 0 Å². The van der Waals surface area contributed by atoms with Crippen LogP contribution >= 0.6 is 0 Å². The molecule has 8 nitrogen and oxygen atoms in total. The van der Waals surface area contributed by atoms with E-state index in [0.717, 1.165) is 16.9 Å². The van der Waals surface area contributed by atoms with Crippen LogP contribution in [0.5, 0.6) is 17.2 Å². The third-order valence-electron chi connectivity index (χ3n) is 4.33. The molecule has 0 aliphatic heterocycles. The van der Waals surface area contributed by atoms with Gasteiger partial charge in [-0.15, -0.1) is 0 Å². The maximum Gasteiger partial charge on any atom is 0.291 e. The molecule has 1 heterocycles. The summed E-state index contributed by atoms with van der Waals surface area (Å²) in [5.41, 5.74) is 5.74. The van der Waals surface area contributed by atoms with E-state index in [1.807, 2.05) is 25.1 Å². The van der Waals surface area contributed by atoms with Crippen LogP contribution in [0.15, 0.2) is 53.9 Å². The number of carbonyl (C=O) groups is 1. The van der Waals surface area contributed by atoms with E-state index in [9.17, 15) is 4.79 Å². The Kier molecular flexibility index (Phi) is 6.59. The van der Waals surface area contributed by atoms with E-state index >= 15 is 0 Å². The molecule has 0 unspecified atom stereocenters. The zero-order chi connectivity index (χ0) is 21.5. The Morgan fingerprint density at radius 3 is 2.30 bits per heavy atom. The molecule has 1 aromatic heterocycles. The Hall–Kier alpha value is -3.94. The first-order valence-electron chi connectivity index (χ1n) is 9.07. The smallest absolute Gasteiger partial charge is 0.291 e. The molecule has 0 radical (unpaired) electrons. The van der Waals surface area contributed by atoms with Crippen LogP contribution in [-0.4, -0.2) is 43.4 Å². The van der Waals surface area contributed by atoms with E-state index in [2.05, 4.69) is 20.5 Å². The van der Waals surface area contributed by atoms with Crippen molar-refractivity contribution in [3.8, 4) is 28.5 Å². The molecule has 3 rings (SSSR count). The highest BCUT2D eigenvalue weighted by Gasteiger charge is 2.11. The molecule has 0 aliphatic rings. The van der Waals surface area contributed by atoms with Gasteiger partial charge in [0.05, 0.1) is 45.6 Å². The van der Waals surface area contributed by atoms with Crippen LogP contribution in [0.4, 0.5) is 0 Å². The number of aromatic nitrogens is 2. The van der Waals surface area contributed by atoms with Gasteiger partial charge < -0.3 is 14.2 Å². The van der Waals surface area contributed by atoms with E-state index in [4.69, 9.17) is 14.2 Å². The summed E-state index contributed by atoms with van der Waals surface area (Å²) in [6.07, 6.45) is 4.49. The van der Waals surface area contributed by atoms with Crippen molar-refractivity contribution in [2.75, 3.05) is 21.3 Å². The van der Waals surface area contributed by atoms with E-state index in [1.165, 1.54) is 12.4 Å². The molecule has 0 atom stereocenters. The first-order valence-corrected chi connectivity index (χ1v) is 9.07. The number of amides is 1. The summed E-state index contributed by atoms with van der Waals surface area (Å²) in [5.74, 6) is 1.52. The molecular formula is C22H22N4O4. The van der Waals surface area contributed by atoms with Gasteiger partial charge in [0, 0.05) is 17.2 Å². The molecule has 0 aliphatic carbocycles. The van der Waals surface area contributed by atoms with Crippen LogP contribution in [0.25, 0.3) is 11.3 Å². The summed E-state index contributed by atoms with van der Waals surface area (Å²) in [6.45, 7) is 1.94. The number of nitrogens with zero attached hydrogens (tertiary/aromatic N) is 3. The molecular weight excluding hydrogens is 384 g/mol. The highest BCUT2D eigenvalue weighted by molar-refractivity contribution is 5.93. The van der Waals surface area contributed by atoms with Crippen molar-refractivity contribution in [3.63, 3.8) is 0 Å². The summed E-state index contributed by atoms with van der Waals surface area (Å²) in [7, 11) is 4.74. The zero-order valence-corrected chi connectivity index (χ0v) is 17.2. The van der Waals surface area contributed by atoms with Gasteiger partial charge in [-0.2, -0.15) is 5.10 Å². The van der Waals surface area contributed by atoms with Gasteiger partial charge in [0.1, 0.15) is 22.9 Å². The van der Waals surface area contributed by atoms with Crippen molar-refractivity contribution in [3.05, 3.63) is 65.6 Å². The summed E-state index contributed by atoms with van der Waals surface area (Å²) in [4.78, 5) is 21.0. The molecule has 1 N–H and O–H groups in total. The normalized spacial score (nSPS) is 10.7. The molecule has 0 saturated carbocycles. The second-order valence-electron chi connectivity index (χ2n) is 6.32. The number of ether oxygens (including phenoxy) is 3. The van der Waals surface area contributed by atoms with Crippen molar-refractivity contribution in [2.45, 2.75) is 6.92 Å². The third kappa shape index (κ3) is 4.91. The summed E-state index contributed by atoms with van der Waals surface area (Å²) >= 11 is 0. The molecule has 0 fully saturated rings. The largest absolute Gasteiger partial charge is 0.497 e. The van der Waals surface area contributed by atoms with Crippen LogP contribution in [0, 0.1) is 6.92 Å². The molecule has 0 bridgehead atoms. The van der Waals surface area contributed by atoms with Crippen LogP contribution < -0.4 is 19.6 Å². The predicted octanol–water partition coefficient (Wildman–Crippen LogP) is 3.24. The Morgan fingerprint density at radius 2 is 1.67 bits per heavy atom. The molecule has 0 spiro atoms. The van der Waals surface area contributed by atoms with E-state index in [-0.39, 0.29) is 5.69 Å². The SMILES string of the molecule is COc1cc(C=NNC(=O)c2cncc(-c3ccc(OC)cc3C)n2)cc(OC)c1. The summed E-state index contributed by atoms with van der Waals surface area (Å²) in [5, 5.41) is 3.99. The fourth-order valence-electron chi connectivity index (χ4n) is 2.78. The predicted molar refractivity (Wildman–Crippen MR) is 113 cm³/mol. The van der Waals surface area contributed by atoms with Crippen LogP contribution in [0.2, 0.25) is 0 Å². The van der Waals surface area contributed by atoms with Crippen LogP contribution in [0.1, 0.15) is 21.6 Å². The molecule has 154 valence electrons. The molecule has 30 heavy (non-hydrogen) atoms. The minimum atomic E-state index is -0.471. The lowest BCUT2D eigenvalue weighted by molar-refractivity contribution is 0.0950. The van der Waals surface area contributed by atoms with Gasteiger partial charge in [0.15, 0.2) is 0 Å². The average molecular weight is 406 g/mol. The van der Waals surface area contributed by atoms with Crippen LogP contribution in [0.3, 0.4) is 0 Å². The first-order chi connectivity index (χ1) is 14.5. The maximum absolute atomic E-state index is 12.5. The standard InChI is InChI=1S/C22H22N4O4/c1-14-7-16(28-2)5-6-19(14)20-12-23-13-21(25-20)22(27)26-24-11-15-8-17(29-3)10-18(9-15)30-4/h5-13H,1-4H3,(H,26,27). The Bertz CT molecular complexity index is 1060. The molecule has 3 aromatic rings. The highest BCUT2D eigenvalue weighted by Crippen LogP contribution is 2.25. The third-order valence-corrected chi connectivity index (χ3v) is 4.33. The van der Waals surface area contributed by atoms with Gasteiger partial charge in [-0.25, -0.2) is 10.4 Å². The van der Waals surface area contributed by atoms with Gasteiger partial charge in [0.2, 0.25) is 0 Å². The van der Waals surface area contributed by atoms with E-state index < -0.39 is 5.91 Å². The Labute approximate surface area is 174 Å². The number of hydrogen-bond donors (Lipinski definition) is 1. The number of nitrogens with one attached hydrogen (secondary N) is 1. The van der Waals surface area contributed by atoms with Crippen molar-refractivity contribution >= 4 is 12.1 Å². The van der Waals surface area contributed by atoms with E-state index in [1.54, 1.807) is 45.7 Å². The summed E-state index contributed by atoms with van der Waals surface area (Å²) < 4.78 is 15.7. The molecule has 0 saturated heterocycles. The Morgan fingerprint density at radius 1 is 0.967 bits per heavy atom. The first kappa shape index (κ1) is 20.8. The minimum absolute atomic E-state index is 0.156. The monoisotopic (exact) mass is 406 g/mol. The number of hydrazone groups is 1.